The van der Waals surface area contributed by atoms with Crippen molar-refractivity contribution in [3.05, 3.63) is 0 Å². The lowest BCUT2D eigenvalue weighted by molar-refractivity contribution is 0.318. The molecule has 2 atom stereocenters. The molecule has 0 aromatic rings. The topological polar surface area (TPSA) is 0 Å². The summed E-state index contributed by atoms with van der Waals surface area (Å²) in [7, 11) is 0. The van der Waals surface area contributed by atoms with Crippen molar-refractivity contribution in [3.8, 4) is 0 Å². The maximum Gasteiger partial charge on any atom is 0.00238 e. The highest BCUT2D eigenvalue weighted by molar-refractivity contribution is 14.1. The van der Waals surface area contributed by atoms with E-state index in [0.29, 0.717) is 0 Å². The summed E-state index contributed by atoms with van der Waals surface area (Å²) in [5, 5.41) is 0. The lowest BCUT2D eigenvalue weighted by atomic mass is 9.85. The summed E-state index contributed by atoms with van der Waals surface area (Å²) in [5.41, 5.74) is 0. The van der Waals surface area contributed by atoms with Crippen LogP contribution >= 0.6 is 22.6 Å². The molecule has 0 fully saturated rings. The summed E-state index contributed by atoms with van der Waals surface area (Å²) in [6.45, 7) is 6.97. The molecule has 0 radical (unpaired) electrons. The van der Waals surface area contributed by atoms with Crippen molar-refractivity contribution in [2.75, 3.05) is 4.43 Å². The molecular weight excluding hydrogens is 439 g/mol. The minimum Gasteiger partial charge on any atom is -0.0861 e. The first kappa shape index (κ1) is 27.7. The van der Waals surface area contributed by atoms with Crippen LogP contribution in [-0.2, 0) is 0 Å². The third-order valence-corrected chi connectivity index (χ3v) is 7.53. The Kier molecular flexibility index (Phi) is 23.6. The molecule has 164 valence electrons. The SMILES string of the molecule is CCCCCCCCC(CI)CC(CCCCCC)CCCCCCCC. The predicted molar refractivity (Wildman–Crippen MR) is 135 cm³/mol. The van der Waals surface area contributed by atoms with Crippen LogP contribution in [-0.4, -0.2) is 4.43 Å². The van der Waals surface area contributed by atoms with Gasteiger partial charge in [0.15, 0.2) is 0 Å². The Labute approximate surface area is 187 Å². The predicted octanol–water partition coefficient (Wildman–Crippen LogP) is 10.5. The zero-order valence-corrected chi connectivity index (χ0v) is 21.5. The molecule has 0 N–H and O–H groups in total. The van der Waals surface area contributed by atoms with Gasteiger partial charge in [-0.2, -0.15) is 0 Å². The standard InChI is InChI=1S/C26H53I/c1-4-7-10-13-15-18-21-25(20-17-12-9-6-3)23-26(24-27)22-19-16-14-11-8-5-2/h25-26H,4-24H2,1-3H3. The summed E-state index contributed by atoms with van der Waals surface area (Å²) in [6.07, 6.45) is 29.3. The van der Waals surface area contributed by atoms with Crippen LogP contribution < -0.4 is 0 Å². The first-order valence-electron chi connectivity index (χ1n) is 12.8. The molecule has 0 aromatic carbocycles. The molecule has 0 aliphatic carbocycles. The molecule has 0 heterocycles. The maximum atomic E-state index is 2.67. The highest BCUT2D eigenvalue weighted by Crippen LogP contribution is 2.29. The number of halogens is 1. The number of hydrogen-bond acceptors (Lipinski definition) is 0. The van der Waals surface area contributed by atoms with Crippen molar-refractivity contribution in [2.24, 2.45) is 11.8 Å². The lowest BCUT2D eigenvalue weighted by Crippen LogP contribution is -2.11. The fourth-order valence-electron chi connectivity index (χ4n) is 4.40. The van der Waals surface area contributed by atoms with E-state index in [4.69, 9.17) is 0 Å². The third-order valence-electron chi connectivity index (χ3n) is 6.28. The van der Waals surface area contributed by atoms with Gasteiger partial charge in [-0.25, -0.2) is 0 Å². The van der Waals surface area contributed by atoms with E-state index in [1.54, 1.807) is 0 Å². The second-order valence-corrected chi connectivity index (χ2v) is 9.97. The van der Waals surface area contributed by atoms with E-state index < -0.39 is 0 Å². The molecule has 2 unspecified atom stereocenters. The van der Waals surface area contributed by atoms with Crippen LogP contribution in [0.3, 0.4) is 0 Å². The van der Waals surface area contributed by atoms with Crippen LogP contribution in [0.15, 0.2) is 0 Å². The van der Waals surface area contributed by atoms with Gasteiger partial charge in [-0.1, -0.05) is 159 Å². The number of hydrogen-bond donors (Lipinski definition) is 0. The van der Waals surface area contributed by atoms with E-state index in [0.717, 1.165) is 11.8 Å². The smallest absolute Gasteiger partial charge is 0.00238 e. The molecular formula is C26H53I. The van der Waals surface area contributed by atoms with Gasteiger partial charge in [0, 0.05) is 4.43 Å². The molecule has 0 nitrogen and oxygen atoms in total. The van der Waals surface area contributed by atoms with Crippen molar-refractivity contribution >= 4 is 22.6 Å². The Morgan fingerprint density at radius 2 is 0.778 bits per heavy atom. The number of rotatable bonds is 22. The van der Waals surface area contributed by atoms with Gasteiger partial charge in [0.05, 0.1) is 0 Å². The average molecular weight is 493 g/mol. The molecule has 0 spiro atoms. The van der Waals surface area contributed by atoms with Crippen LogP contribution in [0.2, 0.25) is 0 Å². The van der Waals surface area contributed by atoms with Crippen molar-refractivity contribution < 1.29 is 0 Å². The van der Waals surface area contributed by atoms with Crippen molar-refractivity contribution in [1.82, 2.24) is 0 Å². The Hall–Kier alpha value is 0.730. The molecule has 0 aliphatic rings. The lowest BCUT2D eigenvalue weighted by Gasteiger charge is -2.23. The summed E-state index contributed by atoms with van der Waals surface area (Å²) in [5.74, 6) is 2.01. The Morgan fingerprint density at radius 1 is 0.444 bits per heavy atom. The van der Waals surface area contributed by atoms with Crippen molar-refractivity contribution in [2.45, 2.75) is 149 Å². The van der Waals surface area contributed by atoms with Gasteiger partial charge in [-0.05, 0) is 24.7 Å². The van der Waals surface area contributed by atoms with E-state index >= 15 is 0 Å². The van der Waals surface area contributed by atoms with E-state index in [9.17, 15) is 0 Å². The van der Waals surface area contributed by atoms with Crippen LogP contribution in [0, 0.1) is 11.8 Å². The zero-order chi connectivity index (χ0) is 20.0. The van der Waals surface area contributed by atoms with E-state index in [-0.39, 0.29) is 0 Å². The van der Waals surface area contributed by atoms with Crippen LogP contribution in [0.25, 0.3) is 0 Å². The van der Waals surface area contributed by atoms with Crippen molar-refractivity contribution in [1.29, 1.82) is 0 Å². The monoisotopic (exact) mass is 492 g/mol. The van der Waals surface area contributed by atoms with Gasteiger partial charge >= 0.3 is 0 Å². The molecule has 0 aliphatic heterocycles. The summed E-state index contributed by atoms with van der Waals surface area (Å²) in [4.78, 5) is 0. The fourth-order valence-corrected chi connectivity index (χ4v) is 5.20. The Balaban J connectivity index is 4.09. The summed E-state index contributed by atoms with van der Waals surface area (Å²) >= 11 is 2.67. The van der Waals surface area contributed by atoms with Crippen molar-refractivity contribution in [3.63, 3.8) is 0 Å². The average Bonchev–Trinajstić information content (AvgIpc) is 2.69. The second kappa shape index (κ2) is 23.0. The minimum absolute atomic E-state index is 0.994. The van der Waals surface area contributed by atoms with Crippen LogP contribution in [0.4, 0.5) is 0 Å². The number of unbranched alkanes of at least 4 members (excludes halogenated alkanes) is 13. The van der Waals surface area contributed by atoms with E-state index in [1.807, 2.05) is 0 Å². The second-order valence-electron chi connectivity index (χ2n) is 9.08. The van der Waals surface area contributed by atoms with E-state index in [1.165, 1.54) is 133 Å². The highest BCUT2D eigenvalue weighted by atomic mass is 127. The van der Waals surface area contributed by atoms with Gasteiger partial charge < -0.3 is 0 Å². The van der Waals surface area contributed by atoms with Gasteiger partial charge in [0.25, 0.3) is 0 Å². The van der Waals surface area contributed by atoms with Gasteiger partial charge in [-0.15, -0.1) is 0 Å². The quantitative estimate of drug-likeness (QED) is 0.0801. The molecule has 0 saturated heterocycles. The van der Waals surface area contributed by atoms with Crippen LogP contribution in [0.5, 0.6) is 0 Å². The molecule has 0 aromatic heterocycles. The summed E-state index contributed by atoms with van der Waals surface area (Å²) < 4.78 is 1.38. The van der Waals surface area contributed by atoms with Gasteiger partial charge in [-0.3, -0.25) is 0 Å². The molecule has 27 heavy (non-hydrogen) atoms. The molecule has 0 rings (SSSR count). The highest BCUT2D eigenvalue weighted by Gasteiger charge is 2.15. The molecule has 0 amide bonds. The minimum atomic E-state index is 0.994. The molecule has 0 bridgehead atoms. The zero-order valence-electron chi connectivity index (χ0n) is 19.4. The van der Waals surface area contributed by atoms with Crippen LogP contribution in [0.1, 0.15) is 149 Å². The van der Waals surface area contributed by atoms with Gasteiger partial charge in [0.1, 0.15) is 0 Å². The largest absolute Gasteiger partial charge is 0.0861 e. The first-order chi connectivity index (χ1) is 13.3. The number of alkyl halides is 1. The fraction of sp³-hybridized carbons (Fsp3) is 1.00. The Bertz CT molecular complexity index is 263. The third kappa shape index (κ3) is 19.8. The maximum absolute atomic E-state index is 2.67. The normalized spacial score (nSPS) is 13.8. The first-order valence-corrected chi connectivity index (χ1v) is 14.4. The molecule has 0 saturated carbocycles. The summed E-state index contributed by atoms with van der Waals surface area (Å²) in [6, 6.07) is 0. The van der Waals surface area contributed by atoms with E-state index in [2.05, 4.69) is 43.4 Å². The van der Waals surface area contributed by atoms with Gasteiger partial charge in [0.2, 0.25) is 0 Å². The Morgan fingerprint density at radius 3 is 1.19 bits per heavy atom. The molecule has 1 heteroatoms.